The molecule has 0 aromatic heterocycles. The second kappa shape index (κ2) is 58.4. The summed E-state index contributed by atoms with van der Waals surface area (Å²) in [5, 5.41) is 1.65. The van der Waals surface area contributed by atoms with E-state index >= 15 is 0 Å². The van der Waals surface area contributed by atoms with Gasteiger partial charge in [0, 0.05) is 23.1 Å². The summed E-state index contributed by atoms with van der Waals surface area (Å²) >= 11 is 11.4. The van der Waals surface area contributed by atoms with E-state index in [9.17, 15) is 30.7 Å². The Labute approximate surface area is 618 Å². The molecule has 2 saturated carbocycles. The molecular formula is C88H123Cl2F7N2O2. The molecule has 8 aromatic carbocycles. The Balaban J connectivity index is -0.00000104. The van der Waals surface area contributed by atoms with Crippen LogP contribution in [0.25, 0.3) is 0 Å². The van der Waals surface area contributed by atoms with Crippen LogP contribution < -0.4 is 9.47 Å². The average molecular weight is 1440 g/mol. The largest absolute Gasteiger partial charge is 0.497 e. The molecule has 0 bridgehead atoms. The summed E-state index contributed by atoms with van der Waals surface area (Å²) in [5.74, 6) is 4.72. The van der Waals surface area contributed by atoms with Crippen molar-refractivity contribution in [3.05, 3.63) is 295 Å². The lowest BCUT2D eigenvalue weighted by Gasteiger charge is -2.14. The van der Waals surface area contributed by atoms with Crippen molar-refractivity contribution in [1.29, 1.82) is 0 Å². The summed E-state index contributed by atoms with van der Waals surface area (Å²) in [7, 11) is 7.74. The number of alkyl halides is 6. The number of hydrogen-bond donors (Lipinski definition) is 0. The monoisotopic (exact) mass is 1440 g/mol. The van der Waals surface area contributed by atoms with Gasteiger partial charge in [-0.05, 0) is 261 Å². The Hall–Kier alpha value is -7.15. The van der Waals surface area contributed by atoms with Gasteiger partial charge in [0.2, 0.25) is 0 Å². The van der Waals surface area contributed by atoms with Crippen LogP contribution in [0.4, 0.5) is 30.7 Å². The summed E-state index contributed by atoms with van der Waals surface area (Å²) in [4.78, 5) is 4.77. The van der Waals surface area contributed by atoms with Gasteiger partial charge in [0.1, 0.15) is 17.3 Å². The molecule has 0 saturated heterocycles. The number of halogens is 9. The van der Waals surface area contributed by atoms with Crippen molar-refractivity contribution in [2.24, 2.45) is 17.8 Å². The van der Waals surface area contributed by atoms with Crippen molar-refractivity contribution in [1.82, 2.24) is 9.80 Å². The Morgan fingerprint density at radius 1 is 0.465 bits per heavy atom. The van der Waals surface area contributed by atoms with Gasteiger partial charge in [-0.15, -0.1) is 0 Å². The smallest absolute Gasteiger partial charge is 0.416 e. The number of para-hydroxylation sites is 1. The number of allylic oxidation sites excluding steroid dienone is 4. The highest BCUT2D eigenvalue weighted by Crippen LogP contribution is 2.34. The van der Waals surface area contributed by atoms with E-state index in [0.29, 0.717) is 11.1 Å². The number of methoxy groups -OCH3 is 2. The highest BCUT2D eigenvalue weighted by atomic mass is 35.5. The molecule has 13 heteroatoms. The molecule has 101 heavy (non-hydrogen) atoms. The maximum absolute atomic E-state index is 12.3. The normalized spacial score (nSPS) is 11.3. The van der Waals surface area contributed by atoms with E-state index in [0.717, 1.165) is 76.2 Å². The van der Waals surface area contributed by atoms with E-state index in [2.05, 4.69) is 123 Å². The molecule has 0 N–H and O–H groups in total. The molecule has 0 amide bonds. The van der Waals surface area contributed by atoms with Crippen molar-refractivity contribution in [3.8, 4) is 11.5 Å². The molecule has 10 rings (SSSR count). The highest BCUT2D eigenvalue weighted by Gasteiger charge is 2.32. The highest BCUT2D eigenvalue weighted by molar-refractivity contribution is 6.31. The quantitative estimate of drug-likeness (QED) is 0.112. The average Bonchev–Trinajstić information content (AvgIpc) is 1.25. The fourth-order valence-corrected chi connectivity index (χ4v) is 7.70. The number of rotatable bonds is 8. The van der Waals surface area contributed by atoms with Gasteiger partial charge in [-0.25, -0.2) is 4.39 Å². The molecule has 4 nitrogen and oxygen atoms in total. The zero-order valence-electron chi connectivity index (χ0n) is 65.2. The minimum Gasteiger partial charge on any atom is -0.497 e. The molecule has 2 fully saturated rings. The molecule has 2 aliphatic rings. The maximum atomic E-state index is 12.3. The van der Waals surface area contributed by atoms with Gasteiger partial charge < -0.3 is 19.3 Å². The first-order chi connectivity index (χ1) is 47.5. The molecule has 2 aliphatic carbocycles. The van der Waals surface area contributed by atoms with Gasteiger partial charge in [-0.1, -0.05) is 232 Å². The summed E-state index contributed by atoms with van der Waals surface area (Å²) in [6.07, 6.45) is 3.63. The first-order valence-electron chi connectivity index (χ1n) is 34.6. The first-order valence-corrected chi connectivity index (χ1v) is 35.4. The summed E-state index contributed by atoms with van der Waals surface area (Å²) in [5.41, 5.74) is 9.34. The topological polar surface area (TPSA) is 24.9 Å². The van der Waals surface area contributed by atoms with Crippen molar-refractivity contribution in [3.63, 3.8) is 0 Å². The third-order valence-corrected chi connectivity index (χ3v) is 15.1. The number of aryl methyl sites for hydroxylation is 9. The lowest BCUT2D eigenvalue weighted by atomic mass is 10.1. The van der Waals surface area contributed by atoms with Crippen molar-refractivity contribution in [2.45, 2.75) is 170 Å². The second-order valence-corrected chi connectivity index (χ2v) is 26.3. The zero-order valence-corrected chi connectivity index (χ0v) is 66.7. The molecule has 0 spiro atoms. The number of ether oxygens (including phenoxy) is 2. The van der Waals surface area contributed by atoms with E-state index in [1.54, 1.807) is 52.3 Å². The van der Waals surface area contributed by atoms with E-state index in [1.165, 1.54) is 103 Å². The lowest BCUT2D eigenvalue weighted by molar-refractivity contribution is -0.138. The minimum atomic E-state index is -4.22. The van der Waals surface area contributed by atoms with Crippen LogP contribution in [-0.4, -0.2) is 64.3 Å². The van der Waals surface area contributed by atoms with Gasteiger partial charge >= 0.3 is 12.4 Å². The third kappa shape index (κ3) is 58.1. The van der Waals surface area contributed by atoms with E-state index in [-0.39, 0.29) is 11.4 Å². The molecule has 560 valence electrons. The van der Waals surface area contributed by atoms with Crippen LogP contribution >= 0.6 is 23.2 Å². The van der Waals surface area contributed by atoms with Gasteiger partial charge in [0.25, 0.3) is 0 Å². The van der Waals surface area contributed by atoms with E-state index in [4.69, 9.17) is 32.7 Å². The molecule has 0 heterocycles. The van der Waals surface area contributed by atoms with Crippen LogP contribution in [0.15, 0.2) is 218 Å². The van der Waals surface area contributed by atoms with E-state index in [1.807, 2.05) is 157 Å². The standard InChI is InChI=1S/C9H17N.2C8H7F3.2C8H10O.C8H10.2C7H7Cl.C7H7F.C5H13N.C5H10.C4H10.C4H8/c1-10(6-8-2-3-8)7-9-4-5-9;1-6-3-2-4-7(5-6)8(9,10)11;1-6-4-2-3-5-7(6)8(9,10)11;1-7-3-5-8(9-2)6-4-7;1-7-5-3-4-6-8(7)9-2;1-7-5-3-4-6-8(7)2;1-6-3-2-4-7(8)5-6;2*1-6-4-2-3-5-7(6)8;1-4-6(3)5-2;1-4-5(2)3;1-4(2)3;1-3-4-2/h8-9H,2-7H2,1H3;2*2-5H,1H3;2*3-6H,1-2H3;3-6H,1-2H3;3*2-5H,1H3;4-5H2,1-3H3;4H,1-3H3;4H,1-3H3;3-4H,1-2H3/b;;;;;;;;;;;;4-3-. The van der Waals surface area contributed by atoms with Crippen LogP contribution in [0.1, 0.15) is 156 Å². The van der Waals surface area contributed by atoms with Gasteiger partial charge in [0.15, 0.2) is 0 Å². The maximum Gasteiger partial charge on any atom is 0.416 e. The fraction of sp³-hybridized carbons (Fsp3) is 0.409. The lowest BCUT2D eigenvalue weighted by Crippen LogP contribution is -2.23. The molecular weight excluding hydrogens is 1320 g/mol. The van der Waals surface area contributed by atoms with Crippen molar-refractivity contribution < 1.29 is 40.2 Å². The fourth-order valence-electron chi connectivity index (χ4n) is 7.32. The predicted molar refractivity (Wildman–Crippen MR) is 425 cm³/mol. The molecule has 0 aliphatic heterocycles. The molecule has 8 aromatic rings. The SMILES string of the molecule is C/C=C\C.CC(C)C.CC=C(C)C.CCN(C)CC.CN(CC1CC1)CC1CC1.COc1ccc(C)cc1.COc1ccccc1C.Cc1cccc(C(F)(F)F)c1.Cc1cccc(Cl)c1.Cc1ccccc1C.Cc1ccccc1C(F)(F)F.Cc1ccccc1Cl.Cc1ccccc1F. The zero-order chi connectivity index (χ0) is 77.5. The van der Waals surface area contributed by atoms with Crippen LogP contribution in [0.5, 0.6) is 11.5 Å². The Morgan fingerprint density at radius 2 is 0.861 bits per heavy atom. The summed E-state index contributed by atoms with van der Waals surface area (Å²) < 4.78 is 94.4. The molecule has 0 unspecified atom stereocenters. The number of nitrogens with zero attached hydrogens (tertiary/aromatic N) is 2. The number of hydrogen-bond acceptors (Lipinski definition) is 4. The van der Waals surface area contributed by atoms with Crippen molar-refractivity contribution in [2.75, 3.05) is 54.5 Å². The Bertz CT molecular complexity index is 3180. The van der Waals surface area contributed by atoms with Gasteiger partial charge in [0.05, 0.1) is 25.3 Å². The van der Waals surface area contributed by atoms with E-state index < -0.39 is 23.5 Å². The van der Waals surface area contributed by atoms with Crippen molar-refractivity contribution >= 4 is 23.2 Å². The van der Waals surface area contributed by atoms with Crippen LogP contribution in [-0.2, 0) is 12.4 Å². The van der Waals surface area contributed by atoms with Crippen LogP contribution in [0.2, 0.25) is 10.0 Å². The van der Waals surface area contributed by atoms with Crippen LogP contribution in [0.3, 0.4) is 0 Å². The Kier molecular flexibility index (Phi) is 56.6. The second-order valence-electron chi connectivity index (χ2n) is 25.4. The molecule has 0 radical (unpaired) electrons. The first kappa shape index (κ1) is 98.0. The van der Waals surface area contributed by atoms with Gasteiger partial charge in [-0.2, -0.15) is 26.3 Å². The minimum absolute atomic E-state index is 0.132. The summed E-state index contributed by atoms with van der Waals surface area (Å²) in [6.45, 7) is 43.2. The molecule has 0 atom stereocenters. The predicted octanol–water partition coefficient (Wildman–Crippen LogP) is 27.7. The van der Waals surface area contributed by atoms with Gasteiger partial charge in [-0.3, -0.25) is 0 Å². The summed E-state index contributed by atoms with van der Waals surface area (Å²) in [6, 6.07) is 57.2. The third-order valence-electron chi connectivity index (χ3n) is 14.4. The van der Waals surface area contributed by atoms with Crippen LogP contribution in [0, 0.1) is 85.9 Å². The number of benzene rings is 8. The Morgan fingerprint density at radius 3 is 1.11 bits per heavy atom.